The van der Waals surface area contributed by atoms with E-state index in [0.717, 1.165) is 25.9 Å². The predicted molar refractivity (Wildman–Crippen MR) is 65.2 cm³/mol. The van der Waals surface area contributed by atoms with Crippen molar-refractivity contribution >= 4 is 5.97 Å². The van der Waals surface area contributed by atoms with Crippen molar-refractivity contribution in [3.05, 3.63) is 0 Å². The highest BCUT2D eigenvalue weighted by molar-refractivity contribution is 5.71. The minimum absolute atomic E-state index is 0.231. The number of nitrogens with two attached hydrogens (primary N) is 1. The van der Waals surface area contributed by atoms with E-state index in [9.17, 15) is 4.79 Å². The quantitative estimate of drug-likeness (QED) is 0.594. The fraction of sp³-hybridized carbons (Fsp3) is 0.917. The molecule has 1 aliphatic heterocycles. The lowest BCUT2D eigenvalue weighted by atomic mass is 9.88. The Hall–Kier alpha value is -0.650. The van der Waals surface area contributed by atoms with Crippen LogP contribution in [-0.4, -0.2) is 42.2 Å². The van der Waals surface area contributed by atoms with Gasteiger partial charge in [0, 0.05) is 13.1 Å². The highest BCUT2D eigenvalue weighted by Gasteiger charge is 2.38. The number of likely N-dealkylation sites (tertiary alicyclic amines) is 1. The zero-order chi connectivity index (χ0) is 13.1. The SMILES string of the molecule is CN1CCC(CC(=O)OC(C)(C)C)(ON)CC1. The van der Waals surface area contributed by atoms with Gasteiger partial charge in [-0.25, -0.2) is 5.90 Å². The minimum Gasteiger partial charge on any atom is -0.460 e. The molecule has 2 N–H and O–H groups in total. The molecule has 1 rings (SSSR count). The third kappa shape index (κ3) is 4.61. The molecule has 17 heavy (non-hydrogen) atoms. The molecule has 0 aromatic heterocycles. The van der Waals surface area contributed by atoms with E-state index in [-0.39, 0.29) is 12.4 Å². The molecule has 0 saturated carbocycles. The molecule has 0 aromatic carbocycles. The molecule has 0 bridgehead atoms. The molecule has 0 atom stereocenters. The van der Waals surface area contributed by atoms with Crippen molar-refractivity contribution in [3.63, 3.8) is 0 Å². The summed E-state index contributed by atoms with van der Waals surface area (Å²) in [7, 11) is 2.05. The van der Waals surface area contributed by atoms with E-state index >= 15 is 0 Å². The summed E-state index contributed by atoms with van der Waals surface area (Å²) in [6, 6.07) is 0. The van der Waals surface area contributed by atoms with Gasteiger partial charge in [-0.15, -0.1) is 0 Å². The van der Waals surface area contributed by atoms with Crippen LogP contribution < -0.4 is 5.90 Å². The maximum absolute atomic E-state index is 11.8. The molecule has 0 aliphatic carbocycles. The second-order valence-electron chi connectivity index (χ2n) is 5.87. The zero-order valence-electron chi connectivity index (χ0n) is 11.3. The number of hydrogen-bond donors (Lipinski definition) is 1. The highest BCUT2D eigenvalue weighted by Crippen LogP contribution is 2.29. The summed E-state index contributed by atoms with van der Waals surface area (Å²) in [6.45, 7) is 7.35. The van der Waals surface area contributed by atoms with Gasteiger partial charge in [-0.1, -0.05) is 0 Å². The van der Waals surface area contributed by atoms with Gasteiger partial charge in [0.25, 0.3) is 0 Å². The average Bonchev–Trinajstić information content (AvgIpc) is 2.19. The van der Waals surface area contributed by atoms with Gasteiger partial charge in [0.05, 0.1) is 6.42 Å². The second-order valence-corrected chi connectivity index (χ2v) is 5.87. The molecule has 1 saturated heterocycles. The molecule has 1 aliphatic rings. The van der Waals surface area contributed by atoms with E-state index in [1.165, 1.54) is 0 Å². The maximum Gasteiger partial charge on any atom is 0.309 e. The Bertz CT molecular complexity index is 265. The first-order valence-electron chi connectivity index (χ1n) is 6.05. The first kappa shape index (κ1) is 14.4. The Morgan fingerprint density at radius 3 is 2.29 bits per heavy atom. The zero-order valence-corrected chi connectivity index (χ0v) is 11.3. The van der Waals surface area contributed by atoms with Gasteiger partial charge >= 0.3 is 5.97 Å². The van der Waals surface area contributed by atoms with Gasteiger partial charge in [-0.3, -0.25) is 9.63 Å². The predicted octanol–water partition coefficient (Wildman–Crippen LogP) is 1.07. The Morgan fingerprint density at radius 1 is 1.35 bits per heavy atom. The highest BCUT2D eigenvalue weighted by atomic mass is 16.6. The molecule has 1 fully saturated rings. The van der Waals surface area contributed by atoms with Crippen LogP contribution in [0.4, 0.5) is 0 Å². The van der Waals surface area contributed by atoms with Crippen LogP contribution in [0.3, 0.4) is 0 Å². The molecule has 0 aromatic rings. The van der Waals surface area contributed by atoms with E-state index in [0.29, 0.717) is 0 Å². The van der Waals surface area contributed by atoms with Crippen LogP contribution in [0.1, 0.15) is 40.0 Å². The van der Waals surface area contributed by atoms with Crippen LogP contribution >= 0.6 is 0 Å². The average molecular weight is 244 g/mol. The smallest absolute Gasteiger partial charge is 0.309 e. The minimum atomic E-state index is -0.547. The van der Waals surface area contributed by atoms with E-state index in [4.69, 9.17) is 15.5 Å². The fourth-order valence-electron chi connectivity index (χ4n) is 2.00. The van der Waals surface area contributed by atoms with Gasteiger partial charge in [0.2, 0.25) is 0 Å². The number of hydrogen-bond acceptors (Lipinski definition) is 5. The second kappa shape index (κ2) is 5.33. The third-order valence-corrected chi connectivity index (χ3v) is 3.03. The number of ether oxygens (including phenoxy) is 1. The van der Waals surface area contributed by atoms with Crippen molar-refractivity contribution < 1.29 is 14.4 Å². The Labute approximate surface area is 103 Å². The lowest BCUT2D eigenvalue weighted by Crippen LogP contribution is -2.48. The molecule has 100 valence electrons. The Kier molecular flexibility index (Phi) is 4.52. The normalized spacial score (nSPS) is 21.2. The number of piperidine rings is 1. The van der Waals surface area contributed by atoms with Crippen molar-refractivity contribution in [2.75, 3.05) is 20.1 Å². The summed E-state index contributed by atoms with van der Waals surface area (Å²) in [5.74, 6) is 5.13. The summed E-state index contributed by atoms with van der Waals surface area (Å²) in [4.78, 5) is 19.1. The van der Waals surface area contributed by atoms with Crippen LogP contribution in [0.15, 0.2) is 0 Å². The number of carbonyl (C=O) groups excluding carboxylic acids is 1. The van der Waals surface area contributed by atoms with E-state index in [2.05, 4.69) is 4.90 Å². The van der Waals surface area contributed by atoms with Gasteiger partial charge in [-0.05, 0) is 40.7 Å². The van der Waals surface area contributed by atoms with Gasteiger partial charge in [0.1, 0.15) is 11.2 Å². The number of esters is 1. The monoisotopic (exact) mass is 244 g/mol. The molecule has 0 spiro atoms. The van der Waals surface area contributed by atoms with Gasteiger partial charge in [-0.2, -0.15) is 0 Å². The number of carbonyl (C=O) groups is 1. The summed E-state index contributed by atoms with van der Waals surface area (Å²) in [5.41, 5.74) is -1.01. The summed E-state index contributed by atoms with van der Waals surface area (Å²) in [5, 5.41) is 0. The molecular weight excluding hydrogens is 220 g/mol. The van der Waals surface area contributed by atoms with Crippen LogP contribution in [0, 0.1) is 0 Å². The van der Waals surface area contributed by atoms with Crippen molar-refractivity contribution in [1.82, 2.24) is 4.90 Å². The van der Waals surface area contributed by atoms with Crippen molar-refractivity contribution in [2.24, 2.45) is 5.90 Å². The topological polar surface area (TPSA) is 64.8 Å². The summed E-state index contributed by atoms with van der Waals surface area (Å²) >= 11 is 0. The molecule has 5 nitrogen and oxygen atoms in total. The van der Waals surface area contributed by atoms with Crippen molar-refractivity contribution in [3.8, 4) is 0 Å². The van der Waals surface area contributed by atoms with Gasteiger partial charge < -0.3 is 9.64 Å². The maximum atomic E-state index is 11.8. The summed E-state index contributed by atoms with van der Waals surface area (Å²) in [6.07, 6.45) is 1.76. The molecule has 5 heteroatoms. The van der Waals surface area contributed by atoms with Crippen LogP contribution in [0.5, 0.6) is 0 Å². The number of nitrogens with zero attached hydrogens (tertiary/aromatic N) is 1. The van der Waals surface area contributed by atoms with E-state index in [1.807, 2.05) is 27.8 Å². The molecule has 0 amide bonds. The van der Waals surface area contributed by atoms with Crippen molar-refractivity contribution in [2.45, 2.75) is 51.2 Å². The van der Waals surface area contributed by atoms with Crippen LogP contribution in [0.2, 0.25) is 0 Å². The fourth-order valence-corrected chi connectivity index (χ4v) is 2.00. The molecule has 0 radical (unpaired) electrons. The standard InChI is InChI=1S/C12H24N2O3/c1-11(2,3)16-10(15)9-12(17-13)5-7-14(4)8-6-12/h5-9,13H2,1-4H3. The first-order valence-corrected chi connectivity index (χ1v) is 6.05. The first-order chi connectivity index (χ1) is 7.76. The van der Waals surface area contributed by atoms with Crippen LogP contribution in [0.25, 0.3) is 0 Å². The Morgan fingerprint density at radius 2 is 1.88 bits per heavy atom. The number of rotatable bonds is 3. The van der Waals surface area contributed by atoms with Crippen molar-refractivity contribution in [1.29, 1.82) is 0 Å². The largest absolute Gasteiger partial charge is 0.460 e. The van der Waals surface area contributed by atoms with Gasteiger partial charge in [0.15, 0.2) is 0 Å². The third-order valence-electron chi connectivity index (χ3n) is 3.03. The van der Waals surface area contributed by atoms with E-state index < -0.39 is 11.2 Å². The molecule has 0 unspecified atom stereocenters. The molecule has 1 heterocycles. The Balaban J connectivity index is 2.54. The lowest BCUT2D eigenvalue weighted by Gasteiger charge is -2.38. The summed E-state index contributed by atoms with van der Waals surface area (Å²) < 4.78 is 5.31. The van der Waals surface area contributed by atoms with E-state index in [1.54, 1.807) is 0 Å². The van der Waals surface area contributed by atoms with Crippen LogP contribution in [-0.2, 0) is 14.4 Å². The molecular formula is C12H24N2O3. The lowest BCUT2D eigenvalue weighted by molar-refractivity contribution is -0.167.